The number of likely N-dealkylation sites (N-methyl/N-ethyl adjacent to an activating group) is 1. The normalized spacial score (nSPS) is 19.0. The number of carbonyl (C=O) groups is 2. The van der Waals surface area contributed by atoms with Crippen molar-refractivity contribution >= 4 is 17.5 Å². The summed E-state index contributed by atoms with van der Waals surface area (Å²) in [7, 11) is 7.95. The summed E-state index contributed by atoms with van der Waals surface area (Å²) in [6.45, 7) is 1.84. The minimum atomic E-state index is -0.538. The van der Waals surface area contributed by atoms with Gasteiger partial charge in [-0.1, -0.05) is 48.5 Å². The minimum Gasteiger partial charge on any atom is -0.472 e. The standard InChI is InChI=1S/C32H39N5O4/c1-35(2)18-25(13-21-9-6-5-7-10-21)34-32(39)24-14-23(15-26(16-24)36(3)4)27-12-8-11-22-17-37-28(31(33)38)19-40-20-29(37)41-30(22)27/h5-12,14-16,25,28-29H,13,17-20H2,1-4H3,(H2,33,38)(H,34,39)/t25?,28-,29?/m0/s1. The number of benzene rings is 3. The highest BCUT2D eigenvalue weighted by molar-refractivity contribution is 5.97. The molecule has 3 aromatic carbocycles. The fraction of sp³-hybridized carbons (Fsp3) is 0.375. The third-order valence-corrected chi connectivity index (χ3v) is 7.59. The van der Waals surface area contributed by atoms with Crippen LogP contribution in [-0.2, 0) is 22.5 Å². The van der Waals surface area contributed by atoms with Gasteiger partial charge in [-0.25, -0.2) is 4.90 Å². The molecule has 2 amide bonds. The Bertz CT molecular complexity index is 1390. The second-order valence-electron chi connectivity index (χ2n) is 11.3. The zero-order valence-electron chi connectivity index (χ0n) is 24.2. The topological polar surface area (TPSA) is 100 Å². The van der Waals surface area contributed by atoms with Crippen LogP contribution < -0.4 is 20.7 Å². The number of primary amides is 1. The Morgan fingerprint density at radius 3 is 2.51 bits per heavy atom. The number of para-hydroxylation sites is 1. The number of fused-ring (bicyclic) bond motifs is 2. The lowest BCUT2D eigenvalue weighted by atomic mass is 9.96. The fourth-order valence-corrected chi connectivity index (χ4v) is 5.57. The number of amides is 2. The zero-order valence-corrected chi connectivity index (χ0v) is 24.2. The summed E-state index contributed by atoms with van der Waals surface area (Å²) < 4.78 is 12.1. The summed E-state index contributed by atoms with van der Waals surface area (Å²) in [6.07, 6.45) is 0.316. The Morgan fingerprint density at radius 1 is 1.02 bits per heavy atom. The van der Waals surface area contributed by atoms with Crippen molar-refractivity contribution in [2.24, 2.45) is 5.73 Å². The lowest BCUT2D eigenvalue weighted by molar-refractivity contribution is -0.156. The monoisotopic (exact) mass is 557 g/mol. The minimum absolute atomic E-state index is 0.0605. The third-order valence-electron chi connectivity index (χ3n) is 7.59. The van der Waals surface area contributed by atoms with E-state index in [1.807, 2.05) is 86.5 Å². The number of carbonyl (C=O) groups excluding carboxylic acids is 2. The molecule has 41 heavy (non-hydrogen) atoms. The van der Waals surface area contributed by atoms with Gasteiger partial charge in [-0.15, -0.1) is 0 Å². The Kier molecular flexibility index (Phi) is 8.58. The smallest absolute Gasteiger partial charge is 0.251 e. The van der Waals surface area contributed by atoms with Crippen molar-refractivity contribution in [3.8, 4) is 16.9 Å². The first kappa shape index (κ1) is 28.6. The molecular weight excluding hydrogens is 518 g/mol. The van der Waals surface area contributed by atoms with Gasteiger partial charge in [0.25, 0.3) is 5.91 Å². The van der Waals surface area contributed by atoms with Crippen molar-refractivity contribution < 1.29 is 19.1 Å². The highest BCUT2D eigenvalue weighted by Crippen LogP contribution is 2.40. The molecule has 2 heterocycles. The maximum atomic E-state index is 13.7. The summed E-state index contributed by atoms with van der Waals surface area (Å²) in [6, 6.07) is 21.5. The van der Waals surface area contributed by atoms with Crippen LogP contribution in [0.3, 0.4) is 0 Å². The predicted molar refractivity (Wildman–Crippen MR) is 160 cm³/mol. The van der Waals surface area contributed by atoms with E-state index in [1.165, 1.54) is 5.56 Å². The van der Waals surface area contributed by atoms with E-state index < -0.39 is 18.2 Å². The van der Waals surface area contributed by atoms with Crippen molar-refractivity contribution in [1.29, 1.82) is 0 Å². The van der Waals surface area contributed by atoms with Crippen molar-refractivity contribution in [2.75, 3.05) is 52.8 Å². The Morgan fingerprint density at radius 2 is 1.80 bits per heavy atom. The van der Waals surface area contributed by atoms with Crippen LogP contribution in [0.4, 0.5) is 5.69 Å². The van der Waals surface area contributed by atoms with Gasteiger partial charge >= 0.3 is 0 Å². The van der Waals surface area contributed by atoms with E-state index in [0.717, 1.165) is 34.5 Å². The summed E-state index contributed by atoms with van der Waals surface area (Å²) >= 11 is 0. The quantitative estimate of drug-likeness (QED) is 0.417. The van der Waals surface area contributed by atoms with E-state index in [-0.39, 0.29) is 18.6 Å². The number of hydrogen-bond acceptors (Lipinski definition) is 7. The average molecular weight is 558 g/mol. The molecular formula is C32H39N5O4. The number of nitrogens with zero attached hydrogens (tertiary/aromatic N) is 3. The number of hydrogen-bond donors (Lipinski definition) is 2. The number of ether oxygens (including phenoxy) is 2. The van der Waals surface area contributed by atoms with Crippen LogP contribution in [0.25, 0.3) is 11.1 Å². The molecule has 2 aliphatic rings. The first-order valence-corrected chi connectivity index (χ1v) is 13.9. The molecule has 216 valence electrons. The molecule has 2 aliphatic heterocycles. The van der Waals surface area contributed by atoms with Crippen LogP contribution in [-0.4, -0.2) is 87.9 Å². The first-order chi connectivity index (χ1) is 19.7. The van der Waals surface area contributed by atoms with Gasteiger partial charge < -0.3 is 30.3 Å². The molecule has 0 spiro atoms. The number of rotatable bonds is 9. The summed E-state index contributed by atoms with van der Waals surface area (Å²) in [5, 5.41) is 3.28. The van der Waals surface area contributed by atoms with Gasteiger partial charge in [0, 0.05) is 55.6 Å². The molecule has 0 radical (unpaired) electrons. The van der Waals surface area contributed by atoms with Crippen LogP contribution in [0.1, 0.15) is 21.5 Å². The largest absolute Gasteiger partial charge is 0.472 e. The lowest BCUT2D eigenvalue weighted by Gasteiger charge is -2.43. The van der Waals surface area contributed by atoms with Gasteiger partial charge in [-0.3, -0.25) is 9.59 Å². The van der Waals surface area contributed by atoms with E-state index in [0.29, 0.717) is 25.3 Å². The van der Waals surface area contributed by atoms with Gasteiger partial charge in [0.2, 0.25) is 5.91 Å². The van der Waals surface area contributed by atoms with Gasteiger partial charge in [-0.2, -0.15) is 0 Å². The molecule has 3 aromatic rings. The van der Waals surface area contributed by atoms with Crippen LogP contribution in [0.2, 0.25) is 0 Å². The molecule has 1 fully saturated rings. The van der Waals surface area contributed by atoms with Gasteiger partial charge in [0.05, 0.1) is 13.2 Å². The summed E-state index contributed by atoms with van der Waals surface area (Å²) in [4.78, 5) is 31.8. The van der Waals surface area contributed by atoms with E-state index in [2.05, 4.69) is 28.4 Å². The van der Waals surface area contributed by atoms with E-state index in [9.17, 15) is 9.59 Å². The van der Waals surface area contributed by atoms with Crippen molar-refractivity contribution in [2.45, 2.75) is 31.3 Å². The van der Waals surface area contributed by atoms with Crippen LogP contribution in [0.15, 0.2) is 66.7 Å². The Balaban J connectivity index is 1.46. The number of anilines is 1. The molecule has 3 atom stereocenters. The molecule has 0 bridgehead atoms. The first-order valence-electron chi connectivity index (χ1n) is 13.9. The van der Waals surface area contributed by atoms with Gasteiger partial charge in [-0.05, 0) is 49.8 Å². The molecule has 0 aromatic heterocycles. The number of nitrogens with two attached hydrogens (primary N) is 1. The summed E-state index contributed by atoms with van der Waals surface area (Å²) in [5.41, 5.74) is 11.0. The Hall–Kier alpha value is -3.92. The summed E-state index contributed by atoms with van der Waals surface area (Å²) in [5.74, 6) is 0.186. The third kappa shape index (κ3) is 6.53. The Labute approximate surface area is 241 Å². The van der Waals surface area contributed by atoms with E-state index >= 15 is 0 Å². The number of morpholine rings is 1. The second kappa shape index (κ2) is 12.3. The van der Waals surface area contributed by atoms with Crippen LogP contribution >= 0.6 is 0 Å². The maximum absolute atomic E-state index is 13.7. The molecule has 3 N–H and O–H groups in total. The average Bonchev–Trinajstić information content (AvgIpc) is 2.95. The fourth-order valence-electron chi connectivity index (χ4n) is 5.57. The molecule has 0 aliphatic carbocycles. The van der Waals surface area contributed by atoms with Crippen molar-refractivity contribution in [3.63, 3.8) is 0 Å². The van der Waals surface area contributed by atoms with Gasteiger partial charge in [0.1, 0.15) is 11.8 Å². The van der Waals surface area contributed by atoms with Crippen LogP contribution in [0.5, 0.6) is 5.75 Å². The van der Waals surface area contributed by atoms with E-state index in [4.69, 9.17) is 15.2 Å². The highest BCUT2D eigenvalue weighted by atomic mass is 16.6. The molecule has 0 saturated carbocycles. The molecule has 2 unspecified atom stereocenters. The lowest BCUT2D eigenvalue weighted by Crippen LogP contribution is -2.60. The zero-order chi connectivity index (χ0) is 29.1. The molecule has 9 nitrogen and oxygen atoms in total. The molecule has 9 heteroatoms. The SMILES string of the molecule is CN(C)CC(Cc1ccccc1)NC(=O)c1cc(-c2cccc3c2OC2COC[C@@H](C(N)=O)N2C3)cc(N(C)C)c1. The van der Waals surface area contributed by atoms with E-state index in [1.54, 1.807) is 0 Å². The van der Waals surface area contributed by atoms with Crippen molar-refractivity contribution in [1.82, 2.24) is 15.1 Å². The van der Waals surface area contributed by atoms with Crippen molar-refractivity contribution in [3.05, 3.63) is 83.4 Å². The van der Waals surface area contributed by atoms with Gasteiger partial charge in [0.15, 0.2) is 6.23 Å². The number of nitrogens with one attached hydrogen (secondary N) is 1. The highest BCUT2D eigenvalue weighted by Gasteiger charge is 2.40. The molecule has 5 rings (SSSR count). The predicted octanol–water partition coefficient (Wildman–Crippen LogP) is 2.73. The van der Waals surface area contributed by atoms with Crippen LogP contribution in [0, 0.1) is 0 Å². The second-order valence-corrected chi connectivity index (χ2v) is 11.3. The maximum Gasteiger partial charge on any atom is 0.251 e. The molecule has 1 saturated heterocycles.